The summed E-state index contributed by atoms with van der Waals surface area (Å²) in [7, 11) is -2.21. The molecule has 0 saturated heterocycles. The Morgan fingerprint density at radius 1 is 1.06 bits per heavy atom. The van der Waals surface area contributed by atoms with E-state index < -0.39 is 34.1 Å². The van der Waals surface area contributed by atoms with Gasteiger partial charge in [0.1, 0.15) is 18.3 Å². The molecular formula is C27H39N3O5S. The van der Waals surface area contributed by atoms with Gasteiger partial charge in [-0.25, -0.2) is 8.42 Å². The zero-order chi connectivity index (χ0) is 27.3. The number of sulfonamides is 1. The number of nitrogens with one attached hydrogen (secondary N) is 1. The van der Waals surface area contributed by atoms with Crippen molar-refractivity contribution in [1.29, 1.82) is 0 Å². The van der Waals surface area contributed by atoms with Gasteiger partial charge in [0.2, 0.25) is 21.8 Å². The molecule has 36 heavy (non-hydrogen) atoms. The van der Waals surface area contributed by atoms with Crippen LogP contribution in [0.4, 0.5) is 5.69 Å². The fourth-order valence-corrected chi connectivity index (χ4v) is 4.89. The number of aryl methyl sites for hydroxylation is 2. The molecule has 1 N–H and O–H groups in total. The highest BCUT2D eigenvalue weighted by molar-refractivity contribution is 7.92. The summed E-state index contributed by atoms with van der Waals surface area (Å²) in [5, 5.41) is 2.96. The summed E-state index contributed by atoms with van der Waals surface area (Å²) in [4.78, 5) is 28.4. The summed E-state index contributed by atoms with van der Waals surface area (Å²) in [5.74, 6) is -0.0800. The van der Waals surface area contributed by atoms with Crippen LogP contribution in [0.2, 0.25) is 0 Å². The first-order valence-corrected chi connectivity index (χ1v) is 13.8. The van der Waals surface area contributed by atoms with E-state index in [1.807, 2.05) is 65.8 Å². The number of hydrogen-bond donors (Lipinski definition) is 1. The number of nitrogens with zero attached hydrogens (tertiary/aromatic N) is 2. The van der Waals surface area contributed by atoms with Crippen molar-refractivity contribution >= 4 is 27.5 Å². The molecule has 0 heterocycles. The van der Waals surface area contributed by atoms with E-state index >= 15 is 0 Å². The molecule has 2 amide bonds. The van der Waals surface area contributed by atoms with Crippen LogP contribution in [0.3, 0.4) is 0 Å². The van der Waals surface area contributed by atoms with E-state index in [0.29, 0.717) is 17.9 Å². The van der Waals surface area contributed by atoms with Gasteiger partial charge in [-0.05, 0) is 70.4 Å². The van der Waals surface area contributed by atoms with Crippen LogP contribution < -0.4 is 14.4 Å². The van der Waals surface area contributed by atoms with E-state index in [1.54, 1.807) is 25.3 Å². The standard InChI is InChI=1S/C27H39N3O5S/c1-9-23(26(32)28-27(4,5)6)29(17-21-11-13-22(35-7)14-12-21)25(31)18-30(36(8,33)34)24-15-10-19(2)16-20(24)3/h10-16,23H,9,17-18H2,1-8H3,(H,28,32). The Labute approximate surface area is 215 Å². The van der Waals surface area contributed by atoms with E-state index in [2.05, 4.69) is 5.32 Å². The van der Waals surface area contributed by atoms with Crippen LogP contribution >= 0.6 is 0 Å². The normalized spacial score (nSPS) is 12.6. The average molecular weight is 518 g/mol. The molecule has 0 aliphatic carbocycles. The number of hydrogen-bond acceptors (Lipinski definition) is 5. The number of rotatable bonds is 10. The molecule has 198 valence electrons. The molecule has 1 atom stereocenters. The van der Waals surface area contributed by atoms with Crippen molar-refractivity contribution in [1.82, 2.24) is 10.2 Å². The Balaban J connectivity index is 2.48. The van der Waals surface area contributed by atoms with Crippen LogP contribution in [-0.2, 0) is 26.2 Å². The Morgan fingerprint density at radius 3 is 2.14 bits per heavy atom. The molecule has 8 nitrogen and oxygen atoms in total. The lowest BCUT2D eigenvalue weighted by atomic mass is 10.1. The van der Waals surface area contributed by atoms with E-state index in [0.717, 1.165) is 27.3 Å². The summed E-state index contributed by atoms with van der Waals surface area (Å²) < 4.78 is 31.9. The topological polar surface area (TPSA) is 96.0 Å². The Hall–Kier alpha value is -3.07. The second-order valence-electron chi connectivity index (χ2n) is 10.1. The van der Waals surface area contributed by atoms with E-state index in [9.17, 15) is 18.0 Å². The summed E-state index contributed by atoms with van der Waals surface area (Å²) in [5.41, 5.74) is 2.48. The number of amides is 2. The number of anilines is 1. The highest BCUT2D eigenvalue weighted by Crippen LogP contribution is 2.25. The molecule has 0 aliphatic rings. The molecule has 0 aliphatic heterocycles. The Morgan fingerprint density at radius 2 is 1.67 bits per heavy atom. The van der Waals surface area contributed by atoms with E-state index in [4.69, 9.17) is 4.74 Å². The highest BCUT2D eigenvalue weighted by Gasteiger charge is 2.33. The largest absolute Gasteiger partial charge is 0.497 e. The zero-order valence-corrected chi connectivity index (χ0v) is 23.4. The molecular weight excluding hydrogens is 478 g/mol. The Bertz CT molecular complexity index is 1170. The molecule has 2 aromatic rings. The maximum Gasteiger partial charge on any atom is 0.244 e. The predicted molar refractivity (Wildman–Crippen MR) is 144 cm³/mol. The number of benzene rings is 2. The minimum atomic E-state index is -3.78. The lowest BCUT2D eigenvalue weighted by Gasteiger charge is -2.34. The van der Waals surface area contributed by atoms with Crippen LogP contribution in [0.1, 0.15) is 50.8 Å². The summed E-state index contributed by atoms with van der Waals surface area (Å²) in [6.07, 6.45) is 1.45. The van der Waals surface area contributed by atoms with Gasteiger partial charge in [-0.3, -0.25) is 13.9 Å². The van der Waals surface area contributed by atoms with Crippen molar-refractivity contribution in [2.24, 2.45) is 0 Å². The third-order valence-corrected chi connectivity index (χ3v) is 6.82. The van der Waals surface area contributed by atoms with Gasteiger partial charge in [0.25, 0.3) is 0 Å². The summed E-state index contributed by atoms with van der Waals surface area (Å²) in [6.45, 7) is 10.9. The molecule has 9 heteroatoms. The quantitative estimate of drug-likeness (QED) is 0.517. The van der Waals surface area contributed by atoms with Crippen molar-refractivity contribution in [3.63, 3.8) is 0 Å². The first kappa shape index (κ1) is 29.2. The highest BCUT2D eigenvalue weighted by atomic mass is 32.2. The summed E-state index contributed by atoms with van der Waals surface area (Å²) in [6, 6.07) is 11.8. The number of ether oxygens (including phenoxy) is 1. The molecule has 0 bridgehead atoms. The maximum absolute atomic E-state index is 13.8. The average Bonchev–Trinajstić information content (AvgIpc) is 2.76. The fraction of sp³-hybridized carbons (Fsp3) is 0.481. The molecule has 2 rings (SSSR count). The first-order valence-electron chi connectivity index (χ1n) is 12.0. The minimum Gasteiger partial charge on any atom is -0.497 e. The second-order valence-corrected chi connectivity index (χ2v) is 12.0. The van der Waals surface area contributed by atoms with Crippen LogP contribution in [-0.4, -0.2) is 56.6 Å². The van der Waals surface area contributed by atoms with Crippen molar-refractivity contribution in [2.75, 3.05) is 24.2 Å². The molecule has 0 radical (unpaired) electrons. The minimum absolute atomic E-state index is 0.142. The number of carbonyl (C=O) groups excluding carboxylic acids is 2. The molecule has 1 unspecified atom stereocenters. The van der Waals surface area contributed by atoms with Crippen LogP contribution in [0.25, 0.3) is 0 Å². The third-order valence-electron chi connectivity index (χ3n) is 5.70. The van der Waals surface area contributed by atoms with Crippen molar-refractivity contribution < 1.29 is 22.7 Å². The number of carbonyl (C=O) groups is 2. The van der Waals surface area contributed by atoms with Crippen LogP contribution in [0, 0.1) is 13.8 Å². The van der Waals surface area contributed by atoms with Crippen molar-refractivity contribution in [3.05, 3.63) is 59.2 Å². The molecule has 2 aromatic carbocycles. The van der Waals surface area contributed by atoms with Gasteiger partial charge in [-0.1, -0.05) is 36.8 Å². The maximum atomic E-state index is 13.8. The van der Waals surface area contributed by atoms with Gasteiger partial charge >= 0.3 is 0 Å². The van der Waals surface area contributed by atoms with Crippen molar-refractivity contribution in [2.45, 2.75) is 66.1 Å². The third kappa shape index (κ3) is 7.98. The second kappa shape index (κ2) is 11.8. The molecule has 0 spiro atoms. The molecule has 0 fully saturated rings. The van der Waals surface area contributed by atoms with E-state index in [-0.39, 0.29) is 12.5 Å². The van der Waals surface area contributed by atoms with Gasteiger partial charge in [-0.2, -0.15) is 0 Å². The van der Waals surface area contributed by atoms with Crippen molar-refractivity contribution in [3.8, 4) is 5.75 Å². The predicted octanol–water partition coefficient (Wildman–Crippen LogP) is 3.80. The van der Waals surface area contributed by atoms with Gasteiger partial charge in [0.15, 0.2) is 0 Å². The zero-order valence-electron chi connectivity index (χ0n) is 22.6. The van der Waals surface area contributed by atoms with Gasteiger partial charge in [-0.15, -0.1) is 0 Å². The molecule has 0 aromatic heterocycles. The monoisotopic (exact) mass is 517 g/mol. The van der Waals surface area contributed by atoms with Crippen LogP contribution in [0.15, 0.2) is 42.5 Å². The lowest BCUT2D eigenvalue weighted by molar-refractivity contribution is -0.141. The first-order chi connectivity index (χ1) is 16.7. The van der Waals surface area contributed by atoms with Gasteiger partial charge in [0.05, 0.1) is 19.1 Å². The fourth-order valence-electron chi connectivity index (χ4n) is 3.98. The van der Waals surface area contributed by atoms with Gasteiger partial charge in [0, 0.05) is 12.1 Å². The Kier molecular flexibility index (Phi) is 9.54. The number of methoxy groups -OCH3 is 1. The van der Waals surface area contributed by atoms with E-state index in [1.165, 1.54) is 4.90 Å². The SMILES string of the molecule is CCC(C(=O)NC(C)(C)C)N(Cc1ccc(OC)cc1)C(=O)CN(c1ccc(C)cc1C)S(C)(=O)=O. The van der Waals surface area contributed by atoms with Gasteiger partial charge < -0.3 is 15.0 Å². The lowest BCUT2D eigenvalue weighted by Crippen LogP contribution is -2.55. The molecule has 0 saturated carbocycles. The summed E-state index contributed by atoms with van der Waals surface area (Å²) >= 11 is 0. The van der Waals surface area contributed by atoms with Crippen LogP contribution in [0.5, 0.6) is 5.75 Å². The smallest absolute Gasteiger partial charge is 0.244 e.